The number of hydrogen-bond donors (Lipinski definition) is 0. The minimum Gasteiger partial charge on any atom is -0.375 e. The van der Waals surface area contributed by atoms with Crippen LogP contribution < -0.4 is 0 Å². The van der Waals surface area contributed by atoms with Crippen molar-refractivity contribution in [1.82, 2.24) is 0 Å². The summed E-state index contributed by atoms with van der Waals surface area (Å²) >= 11 is 0. The van der Waals surface area contributed by atoms with Crippen LogP contribution in [0.3, 0.4) is 0 Å². The van der Waals surface area contributed by atoms with Gasteiger partial charge in [0.05, 0.1) is 12.2 Å². The summed E-state index contributed by atoms with van der Waals surface area (Å²) in [5.74, 6) is 0. The summed E-state index contributed by atoms with van der Waals surface area (Å²) in [7, 11) is 0. The van der Waals surface area contributed by atoms with Gasteiger partial charge in [0.1, 0.15) is 0 Å². The molecule has 0 atom stereocenters. The first-order valence-corrected chi connectivity index (χ1v) is 5.96. The van der Waals surface area contributed by atoms with E-state index in [1.807, 2.05) is 0 Å². The second kappa shape index (κ2) is 3.93. The van der Waals surface area contributed by atoms with Gasteiger partial charge in [-0.1, -0.05) is 32.9 Å². The second-order valence-electron chi connectivity index (χ2n) is 6.96. The van der Waals surface area contributed by atoms with E-state index in [0.717, 1.165) is 6.61 Å². The predicted octanol–water partition coefficient (Wildman–Crippen LogP) is 4.18. The molecule has 0 bridgehead atoms. The average molecular weight is 210 g/mol. The monoisotopic (exact) mass is 210 g/mol. The normalized spacial score (nSPS) is 20.9. The van der Waals surface area contributed by atoms with E-state index in [1.165, 1.54) is 12.8 Å². The molecule has 0 radical (unpaired) electrons. The van der Waals surface area contributed by atoms with Crippen molar-refractivity contribution < 1.29 is 4.74 Å². The van der Waals surface area contributed by atoms with Crippen molar-refractivity contribution in [3.63, 3.8) is 0 Å². The molecule has 1 nitrogen and oxygen atoms in total. The molecule has 88 valence electrons. The Morgan fingerprint density at radius 2 is 1.60 bits per heavy atom. The van der Waals surface area contributed by atoms with Crippen LogP contribution in [-0.2, 0) is 4.74 Å². The lowest BCUT2D eigenvalue weighted by Gasteiger charge is -2.23. The summed E-state index contributed by atoms with van der Waals surface area (Å²) in [6.07, 6.45) is 7.27. The Kier molecular flexibility index (Phi) is 3.35. The highest BCUT2D eigenvalue weighted by Gasteiger charge is 2.41. The maximum atomic E-state index is 5.87. The molecule has 15 heavy (non-hydrogen) atoms. The molecular formula is C14H26O. The van der Waals surface area contributed by atoms with Crippen LogP contribution in [-0.4, -0.2) is 12.2 Å². The molecule has 0 unspecified atom stereocenters. The van der Waals surface area contributed by atoms with Crippen LogP contribution in [0.4, 0.5) is 0 Å². The molecule has 1 aliphatic rings. The van der Waals surface area contributed by atoms with Crippen LogP contribution in [0.5, 0.6) is 0 Å². The van der Waals surface area contributed by atoms with Crippen LogP contribution in [0.1, 0.15) is 54.4 Å². The van der Waals surface area contributed by atoms with Crippen molar-refractivity contribution in [2.45, 2.75) is 60.0 Å². The third-order valence-electron chi connectivity index (χ3n) is 2.62. The average Bonchev–Trinajstić information content (AvgIpc) is 2.76. The van der Waals surface area contributed by atoms with E-state index in [9.17, 15) is 0 Å². The van der Waals surface area contributed by atoms with Crippen molar-refractivity contribution in [2.75, 3.05) is 6.61 Å². The van der Waals surface area contributed by atoms with Crippen molar-refractivity contribution in [1.29, 1.82) is 0 Å². The van der Waals surface area contributed by atoms with Crippen LogP contribution in [0.25, 0.3) is 0 Å². The van der Waals surface area contributed by atoms with Gasteiger partial charge in [-0.05, 0) is 39.0 Å². The summed E-state index contributed by atoms with van der Waals surface area (Å²) in [4.78, 5) is 0. The maximum Gasteiger partial charge on any atom is 0.0598 e. The molecule has 0 aromatic heterocycles. The van der Waals surface area contributed by atoms with E-state index < -0.39 is 0 Å². The van der Waals surface area contributed by atoms with Gasteiger partial charge in [0.25, 0.3) is 0 Å². The minimum atomic E-state index is -0.00877. The lowest BCUT2D eigenvalue weighted by molar-refractivity contribution is -0.0199. The first kappa shape index (κ1) is 12.8. The molecule has 0 aromatic rings. The Balaban J connectivity index is 2.44. The zero-order valence-electron chi connectivity index (χ0n) is 11.2. The van der Waals surface area contributed by atoms with Crippen LogP contribution >= 0.6 is 0 Å². The molecule has 0 spiro atoms. The first-order chi connectivity index (χ1) is 6.62. The van der Waals surface area contributed by atoms with Gasteiger partial charge in [-0.25, -0.2) is 0 Å². The largest absolute Gasteiger partial charge is 0.375 e. The van der Waals surface area contributed by atoms with E-state index in [2.05, 4.69) is 53.7 Å². The lowest BCUT2D eigenvalue weighted by Crippen LogP contribution is -2.23. The summed E-state index contributed by atoms with van der Waals surface area (Å²) < 4.78 is 5.87. The predicted molar refractivity (Wildman–Crippen MR) is 66.0 cm³/mol. The molecule has 0 saturated heterocycles. The molecule has 1 saturated carbocycles. The Morgan fingerprint density at radius 3 is 1.93 bits per heavy atom. The van der Waals surface area contributed by atoms with Crippen LogP contribution in [0.2, 0.25) is 0 Å². The zero-order valence-corrected chi connectivity index (χ0v) is 11.2. The van der Waals surface area contributed by atoms with Gasteiger partial charge in [0.2, 0.25) is 0 Å². The van der Waals surface area contributed by atoms with Crippen molar-refractivity contribution in [3.8, 4) is 0 Å². The smallest absolute Gasteiger partial charge is 0.0598 e. The molecule has 1 fully saturated rings. The van der Waals surface area contributed by atoms with E-state index in [0.29, 0.717) is 5.41 Å². The van der Waals surface area contributed by atoms with Gasteiger partial charge in [0.15, 0.2) is 0 Å². The van der Waals surface area contributed by atoms with Gasteiger partial charge in [-0.15, -0.1) is 0 Å². The number of rotatable bonds is 3. The van der Waals surface area contributed by atoms with Gasteiger partial charge >= 0.3 is 0 Å². The summed E-state index contributed by atoms with van der Waals surface area (Å²) in [6.45, 7) is 14.0. The topological polar surface area (TPSA) is 9.23 Å². The molecule has 0 heterocycles. The molecule has 0 aromatic carbocycles. The second-order valence-corrected chi connectivity index (χ2v) is 6.96. The summed E-state index contributed by atoms with van der Waals surface area (Å²) in [5, 5.41) is 0. The van der Waals surface area contributed by atoms with E-state index in [-0.39, 0.29) is 11.0 Å². The lowest BCUT2D eigenvalue weighted by atomic mass is 9.93. The van der Waals surface area contributed by atoms with Crippen molar-refractivity contribution in [2.24, 2.45) is 10.8 Å². The van der Waals surface area contributed by atoms with Gasteiger partial charge in [-0.2, -0.15) is 0 Å². The third kappa shape index (κ3) is 5.36. The molecule has 1 heteroatoms. The fourth-order valence-electron chi connectivity index (χ4n) is 1.31. The minimum absolute atomic E-state index is 0.00877. The molecule has 0 aliphatic heterocycles. The zero-order chi connectivity index (χ0) is 11.7. The summed E-state index contributed by atoms with van der Waals surface area (Å²) in [5.41, 5.74) is 0.642. The highest BCUT2D eigenvalue weighted by atomic mass is 16.5. The number of hydrogen-bond acceptors (Lipinski definition) is 1. The summed E-state index contributed by atoms with van der Waals surface area (Å²) in [6, 6.07) is 0. The van der Waals surface area contributed by atoms with Gasteiger partial charge in [0, 0.05) is 5.41 Å². The molecule has 0 N–H and O–H groups in total. The molecular weight excluding hydrogens is 184 g/mol. The third-order valence-corrected chi connectivity index (χ3v) is 2.62. The Labute approximate surface area is 94.9 Å². The first-order valence-electron chi connectivity index (χ1n) is 5.96. The fourth-order valence-corrected chi connectivity index (χ4v) is 1.31. The standard InChI is InChI=1S/C14H26O/c1-12(2,3)7-8-14(9-10-14)11-15-13(4,5)6/h7-8H,9-11H2,1-6H3/b8-7+. The van der Waals surface area contributed by atoms with E-state index >= 15 is 0 Å². The van der Waals surface area contributed by atoms with Gasteiger partial charge in [-0.3, -0.25) is 0 Å². The number of ether oxygens (including phenoxy) is 1. The quantitative estimate of drug-likeness (QED) is 0.635. The molecule has 1 aliphatic carbocycles. The highest BCUT2D eigenvalue weighted by molar-refractivity contribution is 5.11. The van der Waals surface area contributed by atoms with Crippen LogP contribution in [0.15, 0.2) is 12.2 Å². The van der Waals surface area contributed by atoms with Crippen molar-refractivity contribution in [3.05, 3.63) is 12.2 Å². The maximum absolute atomic E-state index is 5.87. The van der Waals surface area contributed by atoms with E-state index in [4.69, 9.17) is 4.74 Å². The number of allylic oxidation sites excluding steroid dienone is 1. The van der Waals surface area contributed by atoms with Crippen molar-refractivity contribution >= 4 is 0 Å². The molecule has 1 rings (SSSR count). The highest BCUT2D eigenvalue weighted by Crippen LogP contribution is 2.48. The fraction of sp³-hybridized carbons (Fsp3) is 0.857. The molecule has 0 amide bonds. The Bertz CT molecular complexity index is 233. The van der Waals surface area contributed by atoms with E-state index in [1.54, 1.807) is 0 Å². The van der Waals surface area contributed by atoms with Gasteiger partial charge < -0.3 is 4.74 Å². The SMILES string of the molecule is CC(C)(C)/C=C/C1(COC(C)(C)C)CC1. The Morgan fingerprint density at radius 1 is 1.07 bits per heavy atom. The van der Waals surface area contributed by atoms with Crippen LogP contribution in [0, 0.1) is 10.8 Å². The Hall–Kier alpha value is -0.300.